The molecule has 0 aliphatic carbocycles. The zero-order valence-corrected chi connectivity index (χ0v) is 37.5. The highest BCUT2D eigenvalue weighted by molar-refractivity contribution is 6.14. The lowest BCUT2D eigenvalue weighted by Crippen LogP contribution is -2.37. The number of para-hydroxylation sites is 4. The number of hydrogen-bond acceptors (Lipinski definition) is 5. The fourth-order valence-electron chi connectivity index (χ4n) is 11.5. The summed E-state index contributed by atoms with van der Waals surface area (Å²) in [6, 6.07) is 81.4. The topological polar surface area (TPSA) is 66.0 Å². The summed E-state index contributed by atoms with van der Waals surface area (Å²) in [6.07, 6.45) is 0. The number of ether oxygens (including phenoxy) is 1. The van der Waals surface area contributed by atoms with Crippen LogP contribution in [0.2, 0.25) is 0 Å². The van der Waals surface area contributed by atoms with Crippen molar-refractivity contribution in [2.45, 2.75) is 5.41 Å². The van der Waals surface area contributed by atoms with Crippen LogP contribution in [0.3, 0.4) is 0 Å². The summed E-state index contributed by atoms with van der Waals surface area (Å²) >= 11 is 0. The molecule has 0 saturated heterocycles. The Bertz CT molecular complexity index is 4240. The van der Waals surface area contributed by atoms with Crippen LogP contribution in [0.4, 0.5) is 0 Å². The fraction of sp³-hybridized carbons (Fsp3) is 0.0156. The van der Waals surface area contributed by atoms with Gasteiger partial charge in [0.05, 0.1) is 22.1 Å². The first-order valence-corrected chi connectivity index (χ1v) is 23.7. The smallest absolute Gasteiger partial charge is 0.164 e. The van der Waals surface area contributed by atoms with E-state index >= 15 is 0 Å². The van der Waals surface area contributed by atoms with E-state index in [1.807, 2.05) is 48.5 Å². The van der Waals surface area contributed by atoms with E-state index in [-0.39, 0.29) is 0 Å². The van der Waals surface area contributed by atoms with Gasteiger partial charge in [-0.25, -0.2) is 15.0 Å². The van der Waals surface area contributed by atoms with Gasteiger partial charge in [0.25, 0.3) is 0 Å². The van der Waals surface area contributed by atoms with Crippen molar-refractivity contribution in [2.24, 2.45) is 0 Å². The second-order valence-corrected chi connectivity index (χ2v) is 18.2. The Morgan fingerprint density at radius 1 is 0.357 bits per heavy atom. The minimum Gasteiger partial charge on any atom is -0.457 e. The molecule has 6 nitrogen and oxygen atoms in total. The summed E-state index contributed by atoms with van der Waals surface area (Å²) < 4.78 is 15.9. The second-order valence-electron chi connectivity index (χ2n) is 18.2. The number of benzene rings is 10. The molecule has 13 aromatic rings. The molecule has 1 spiro atoms. The van der Waals surface area contributed by atoms with E-state index in [0.29, 0.717) is 17.5 Å². The molecule has 0 N–H and O–H groups in total. The lowest BCUT2D eigenvalue weighted by atomic mass is 9.61. The largest absolute Gasteiger partial charge is 0.457 e. The van der Waals surface area contributed by atoms with Gasteiger partial charge in [-0.05, 0) is 88.0 Å². The maximum atomic E-state index is 6.76. The van der Waals surface area contributed by atoms with E-state index in [4.69, 9.17) is 24.1 Å². The average Bonchev–Trinajstić information content (AvgIpc) is 3.99. The minimum atomic E-state index is -0.687. The lowest BCUT2D eigenvalue weighted by molar-refractivity contribution is 0.434. The third-order valence-corrected chi connectivity index (χ3v) is 14.5. The van der Waals surface area contributed by atoms with E-state index in [1.165, 1.54) is 32.9 Å². The van der Waals surface area contributed by atoms with Crippen molar-refractivity contribution in [3.8, 4) is 73.6 Å². The number of rotatable bonds is 5. The second kappa shape index (κ2) is 14.8. The summed E-state index contributed by atoms with van der Waals surface area (Å²) in [5, 5.41) is 4.40. The van der Waals surface area contributed by atoms with E-state index in [0.717, 1.165) is 89.2 Å². The monoisotopic (exact) mass is 894 g/mol. The van der Waals surface area contributed by atoms with Crippen molar-refractivity contribution < 1.29 is 9.15 Å². The molecule has 0 amide bonds. The normalized spacial score (nSPS) is 13.1. The van der Waals surface area contributed by atoms with Crippen LogP contribution < -0.4 is 4.74 Å². The molecule has 5 heterocycles. The molecule has 326 valence electrons. The Morgan fingerprint density at radius 2 is 0.943 bits per heavy atom. The standard InChI is InChI=1S/C64H38N4O2/c1-3-16-39(17-4-1)41-20-13-21-44(36-41)62-65-61(40-18-5-2-6-19-40)66-63(67-62)47-24-15-31-58-59(47)48-37-42(33-35-55(48)69-58)43-32-34-54-52(38-43)64(49-25-8-11-29-56(49)70-57-30-12-9-26-50(57)64)51-27-14-23-46-45-22-7-10-28-53(45)68(54)60(46)51/h1-38H. The van der Waals surface area contributed by atoms with Gasteiger partial charge in [-0.3, -0.25) is 0 Å². The summed E-state index contributed by atoms with van der Waals surface area (Å²) in [4.78, 5) is 15.6. The average molecular weight is 895 g/mol. The molecule has 0 bridgehead atoms. The molecule has 0 atom stereocenters. The molecule has 3 aromatic heterocycles. The molecule has 0 radical (unpaired) electrons. The van der Waals surface area contributed by atoms with Gasteiger partial charge < -0.3 is 13.7 Å². The number of aromatic nitrogens is 4. The zero-order valence-electron chi connectivity index (χ0n) is 37.5. The van der Waals surface area contributed by atoms with Crippen LogP contribution in [0.1, 0.15) is 22.3 Å². The Kier molecular flexibility index (Phi) is 8.18. The van der Waals surface area contributed by atoms with Crippen molar-refractivity contribution in [2.75, 3.05) is 0 Å². The molecule has 2 aliphatic rings. The van der Waals surface area contributed by atoms with E-state index in [2.05, 4.69) is 187 Å². The van der Waals surface area contributed by atoms with Crippen LogP contribution in [0.5, 0.6) is 11.5 Å². The predicted molar refractivity (Wildman–Crippen MR) is 281 cm³/mol. The molecular formula is C64H38N4O2. The van der Waals surface area contributed by atoms with E-state index in [1.54, 1.807) is 0 Å². The van der Waals surface area contributed by atoms with Gasteiger partial charge in [-0.2, -0.15) is 0 Å². The molecule has 15 rings (SSSR count). The minimum absolute atomic E-state index is 0.573. The van der Waals surface area contributed by atoms with Crippen molar-refractivity contribution in [3.05, 3.63) is 253 Å². The highest BCUT2D eigenvalue weighted by atomic mass is 16.5. The van der Waals surface area contributed by atoms with Gasteiger partial charge in [0.2, 0.25) is 0 Å². The third kappa shape index (κ3) is 5.53. The zero-order chi connectivity index (χ0) is 45.9. The van der Waals surface area contributed by atoms with Crippen molar-refractivity contribution in [1.29, 1.82) is 0 Å². The van der Waals surface area contributed by atoms with Crippen molar-refractivity contribution in [1.82, 2.24) is 19.5 Å². The van der Waals surface area contributed by atoms with Crippen LogP contribution in [0.25, 0.3) is 106 Å². The van der Waals surface area contributed by atoms with Gasteiger partial charge in [-0.1, -0.05) is 176 Å². The molecule has 6 heteroatoms. The van der Waals surface area contributed by atoms with Crippen LogP contribution in [0, 0.1) is 0 Å². The lowest BCUT2D eigenvalue weighted by Gasteiger charge is -2.45. The molecule has 0 saturated carbocycles. The molecule has 70 heavy (non-hydrogen) atoms. The van der Waals surface area contributed by atoms with Gasteiger partial charge in [0.1, 0.15) is 22.7 Å². The highest BCUT2D eigenvalue weighted by Gasteiger charge is 2.50. The molecule has 10 aromatic carbocycles. The van der Waals surface area contributed by atoms with Gasteiger partial charge >= 0.3 is 0 Å². The Balaban J connectivity index is 0.953. The highest BCUT2D eigenvalue weighted by Crippen LogP contribution is 2.60. The molecule has 0 unspecified atom stereocenters. The van der Waals surface area contributed by atoms with Gasteiger partial charge in [0.15, 0.2) is 17.5 Å². The fourth-order valence-corrected chi connectivity index (χ4v) is 11.5. The van der Waals surface area contributed by atoms with Gasteiger partial charge in [-0.15, -0.1) is 0 Å². The van der Waals surface area contributed by atoms with Crippen LogP contribution in [0.15, 0.2) is 235 Å². The van der Waals surface area contributed by atoms with Crippen molar-refractivity contribution in [3.63, 3.8) is 0 Å². The van der Waals surface area contributed by atoms with Crippen LogP contribution >= 0.6 is 0 Å². The quantitative estimate of drug-likeness (QED) is 0.172. The number of furan rings is 1. The first-order valence-electron chi connectivity index (χ1n) is 23.7. The summed E-state index contributed by atoms with van der Waals surface area (Å²) in [7, 11) is 0. The molecule has 0 fully saturated rings. The Morgan fingerprint density at radius 3 is 1.76 bits per heavy atom. The van der Waals surface area contributed by atoms with Crippen molar-refractivity contribution >= 4 is 43.7 Å². The molecular weight excluding hydrogens is 857 g/mol. The summed E-state index contributed by atoms with van der Waals surface area (Å²) in [6.45, 7) is 0. The number of hydrogen-bond donors (Lipinski definition) is 0. The first kappa shape index (κ1) is 38.7. The SMILES string of the molecule is c1ccc(-c2cccc(-c3nc(-c4ccccc4)nc(-c4cccc5oc6ccc(-c7ccc8c(c7)C7(c9ccccc9Oc9ccccc97)c7cccc9c%10ccccc%10n-8c79)cc6c45)n3)c2)cc1. The summed E-state index contributed by atoms with van der Waals surface area (Å²) in [5.74, 6) is 3.49. The maximum Gasteiger partial charge on any atom is 0.164 e. The number of nitrogens with zero attached hydrogens (tertiary/aromatic N) is 4. The number of fused-ring (bicyclic) bond motifs is 14. The Labute approximate surface area is 402 Å². The van der Waals surface area contributed by atoms with E-state index in [9.17, 15) is 0 Å². The van der Waals surface area contributed by atoms with E-state index < -0.39 is 5.41 Å². The third-order valence-electron chi connectivity index (χ3n) is 14.5. The van der Waals surface area contributed by atoms with Gasteiger partial charge in [0, 0.05) is 49.4 Å². The Hall–Kier alpha value is -9.39. The molecule has 2 aliphatic heterocycles. The maximum absolute atomic E-state index is 6.76. The summed E-state index contributed by atoms with van der Waals surface area (Å²) in [5.41, 5.74) is 16.1. The predicted octanol–water partition coefficient (Wildman–Crippen LogP) is 16.0. The first-order chi connectivity index (χ1) is 34.7. The van der Waals surface area contributed by atoms with Crippen LogP contribution in [-0.4, -0.2) is 19.5 Å². The van der Waals surface area contributed by atoms with Crippen LogP contribution in [-0.2, 0) is 5.41 Å².